The Labute approximate surface area is 202 Å². The summed E-state index contributed by atoms with van der Waals surface area (Å²) in [5.41, 5.74) is 4.03. The van der Waals surface area contributed by atoms with Gasteiger partial charge >= 0.3 is 0 Å². The van der Waals surface area contributed by atoms with Gasteiger partial charge in [-0.05, 0) is 74.4 Å². The fourth-order valence-corrected chi connectivity index (χ4v) is 5.88. The second-order valence-corrected chi connectivity index (χ2v) is 11.3. The summed E-state index contributed by atoms with van der Waals surface area (Å²) in [6, 6.07) is 10.4. The predicted octanol–water partition coefficient (Wildman–Crippen LogP) is 4.03. The Morgan fingerprint density at radius 1 is 0.971 bits per heavy atom. The molecule has 0 radical (unpaired) electrons. The molecule has 2 heterocycles. The van der Waals surface area contributed by atoms with Gasteiger partial charge in [-0.2, -0.15) is 0 Å². The molecule has 0 spiro atoms. The van der Waals surface area contributed by atoms with Crippen molar-refractivity contribution in [3.05, 3.63) is 53.1 Å². The second-order valence-electron chi connectivity index (χ2n) is 9.57. The van der Waals surface area contributed by atoms with E-state index >= 15 is 0 Å². The van der Waals surface area contributed by atoms with Gasteiger partial charge in [-0.3, -0.25) is 14.3 Å². The Morgan fingerprint density at radius 2 is 1.68 bits per heavy atom. The van der Waals surface area contributed by atoms with Crippen LogP contribution in [0.5, 0.6) is 0 Å². The second kappa shape index (κ2) is 9.78. The lowest BCUT2D eigenvalue weighted by atomic mass is 9.99. The van der Waals surface area contributed by atoms with Crippen LogP contribution in [-0.4, -0.2) is 44.8 Å². The molecule has 0 saturated carbocycles. The molecule has 1 fully saturated rings. The third-order valence-electron chi connectivity index (χ3n) is 6.87. The maximum absolute atomic E-state index is 13.0. The number of piperidine rings is 1. The largest absolute Gasteiger partial charge is 0.343 e. The molecule has 34 heavy (non-hydrogen) atoms. The monoisotopic (exact) mass is 483 g/mol. The lowest BCUT2D eigenvalue weighted by molar-refractivity contribution is -0.134. The average molecular weight is 484 g/mol. The first-order valence-electron chi connectivity index (χ1n) is 11.9. The number of likely N-dealkylation sites (tertiary alicyclic amines) is 1. The lowest BCUT2D eigenvalue weighted by Crippen LogP contribution is -2.38. The zero-order valence-electron chi connectivity index (χ0n) is 20.1. The summed E-state index contributed by atoms with van der Waals surface area (Å²) in [7, 11) is -3.75. The van der Waals surface area contributed by atoms with Crippen LogP contribution in [0.2, 0.25) is 0 Å². The van der Waals surface area contributed by atoms with Crippen molar-refractivity contribution in [3.8, 4) is 0 Å². The lowest BCUT2D eigenvalue weighted by Gasteiger charge is -2.30. The number of carbonyl (C=O) groups excluding carboxylic acids is 2. The number of amides is 2. The Hall–Kier alpha value is -2.87. The summed E-state index contributed by atoms with van der Waals surface area (Å²) >= 11 is 0. The van der Waals surface area contributed by atoms with Crippen molar-refractivity contribution in [1.29, 1.82) is 0 Å². The van der Waals surface area contributed by atoms with Crippen molar-refractivity contribution in [2.24, 2.45) is 5.92 Å². The molecule has 4 rings (SSSR count). The van der Waals surface area contributed by atoms with Gasteiger partial charge in [0, 0.05) is 38.2 Å². The number of anilines is 2. The number of fused-ring (bicyclic) bond motifs is 1. The summed E-state index contributed by atoms with van der Waals surface area (Å²) in [5, 5.41) is 0. The molecule has 2 amide bonds. The molecule has 2 aromatic carbocycles. The molecule has 2 aromatic rings. The molecule has 0 unspecified atom stereocenters. The quantitative estimate of drug-likeness (QED) is 0.672. The number of nitrogens with zero attached hydrogens (tertiary/aromatic N) is 2. The number of sulfonamides is 1. The first-order chi connectivity index (χ1) is 16.1. The first-order valence-corrected chi connectivity index (χ1v) is 13.4. The molecule has 2 aliphatic rings. The molecule has 0 aromatic heterocycles. The normalized spacial score (nSPS) is 16.4. The zero-order valence-corrected chi connectivity index (χ0v) is 21.0. The van der Waals surface area contributed by atoms with Crippen LogP contribution in [0.3, 0.4) is 0 Å². The van der Waals surface area contributed by atoms with Crippen LogP contribution in [0.15, 0.2) is 41.3 Å². The van der Waals surface area contributed by atoms with Crippen LogP contribution in [0.1, 0.15) is 49.3 Å². The number of nitrogens with one attached hydrogen (secondary N) is 1. The zero-order chi connectivity index (χ0) is 24.5. The van der Waals surface area contributed by atoms with E-state index in [-0.39, 0.29) is 29.6 Å². The molecule has 0 atom stereocenters. The first kappa shape index (κ1) is 24.3. The van der Waals surface area contributed by atoms with Gasteiger partial charge in [0.25, 0.3) is 10.0 Å². The Balaban J connectivity index is 1.40. The van der Waals surface area contributed by atoms with E-state index in [1.54, 1.807) is 23.1 Å². The van der Waals surface area contributed by atoms with Crippen molar-refractivity contribution in [2.45, 2.75) is 57.8 Å². The molecular formula is C26H33N3O4S. The van der Waals surface area contributed by atoms with E-state index in [2.05, 4.69) is 11.6 Å². The summed E-state index contributed by atoms with van der Waals surface area (Å²) in [5.74, 6) is 0.594. The number of hydrogen-bond donors (Lipinski definition) is 1. The van der Waals surface area contributed by atoms with Gasteiger partial charge in [-0.15, -0.1) is 0 Å². The average Bonchev–Trinajstić information content (AvgIpc) is 3.23. The number of aryl methyl sites for hydroxylation is 2. The van der Waals surface area contributed by atoms with Crippen LogP contribution in [0.25, 0.3) is 0 Å². The Bertz CT molecular complexity index is 1200. The van der Waals surface area contributed by atoms with Crippen molar-refractivity contribution < 1.29 is 18.0 Å². The topological polar surface area (TPSA) is 86.8 Å². The summed E-state index contributed by atoms with van der Waals surface area (Å²) in [6.45, 7) is 8.07. The molecule has 7 nitrogen and oxygen atoms in total. The van der Waals surface area contributed by atoms with E-state index in [9.17, 15) is 18.0 Å². The molecule has 182 valence electrons. The number of carbonyl (C=O) groups is 2. The molecule has 1 saturated heterocycles. The summed E-state index contributed by atoms with van der Waals surface area (Å²) in [4.78, 5) is 29.1. The molecule has 0 aliphatic carbocycles. The molecular weight excluding hydrogens is 450 g/mol. The minimum absolute atomic E-state index is 0.0404. The fraction of sp³-hybridized carbons (Fsp3) is 0.462. The number of hydrogen-bond acceptors (Lipinski definition) is 4. The summed E-state index contributed by atoms with van der Waals surface area (Å²) < 4.78 is 28.6. The minimum Gasteiger partial charge on any atom is -0.343 e. The minimum atomic E-state index is -3.75. The van der Waals surface area contributed by atoms with Crippen molar-refractivity contribution in [1.82, 2.24) is 4.90 Å². The smallest absolute Gasteiger partial charge is 0.261 e. The SMILES string of the molecule is Cc1ccc(NS(=O)(=O)c2ccc3c(c2)CCN3C(=O)CCC(=O)N2CCC(C)CC2)c(C)c1. The van der Waals surface area contributed by atoms with Gasteiger partial charge in [-0.25, -0.2) is 8.42 Å². The van der Waals surface area contributed by atoms with Crippen LogP contribution < -0.4 is 9.62 Å². The van der Waals surface area contributed by atoms with Gasteiger partial charge in [0.05, 0.1) is 10.6 Å². The molecule has 8 heteroatoms. The number of rotatable bonds is 6. The van der Waals surface area contributed by atoms with E-state index in [1.807, 2.05) is 30.9 Å². The highest BCUT2D eigenvalue weighted by Crippen LogP contribution is 2.32. The predicted molar refractivity (Wildman–Crippen MR) is 133 cm³/mol. The Kier molecular flexibility index (Phi) is 6.98. The standard InChI is InChI=1S/C26H33N3O4S/c1-18-10-13-28(14-11-18)25(30)8-9-26(31)29-15-12-21-17-22(5-7-24(21)29)34(32,33)27-23-6-4-19(2)16-20(23)3/h4-7,16-18,27H,8-15H2,1-3H3. The molecule has 1 N–H and O–H groups in total. The number of benzene rings is 2. The van der Waals surface area contributed by atoms with Crippen LogP contribution in [-0.2, 0) is 26.0 Å². The Morgan fingerprint density at radius 3 is 2.38 bits per heavy atom. The molecule has 2 aliphatic heterocycles. The van der Waals surface area contributed by atoms with E-state index in [0.29, 0.717) is 24.6 Å². The van der Waals surface area contributed by atoms with E-state index in [1.165, 1.54) is 6.07 Å². The van der Waals surface area contributed by atoms with E-state index in [0.717, 1.165) is 48.3 Å². The van der Waals surface area contributed by atoms with Gasteiger partial charge in [0.15, 0.2) is 0 Å². The van der Waals surface area contributed by atoms with E-state index < -0.39 is 10.0 Å². The van der Waals surface area contributed by atoms with Crippen LogP contribution in [0.4, 0.5) is 11.4 Å². The van der Waals surface area contributed by atoms with Gasteiger partial charge in [-0.1, -0.05) is 24.6 Å². The third kappa shape index (κ3) is 5.27. The van der Waals surface area contributed by atoms with Gasteiger partial charge in [0.1, 0.15) is 0 Å². The molecule has 0 bridgehead atoms. The van der Waals surface area contributed by atoms with Crippen molar-refractivity contribution >= 4 is 33.2 Å². The summed E-state index contributed by atoms with van der Waals surface area (Å²) in [6.07, 6.45) is 3.00. The maximum Gasteiger partial charge on any atom is 0.261 e. The van der Waals surface area contributed by atoms with E-state index in [4.69, 9.17) is 0 Å². The fourth-order valence-electron chi connectivity index (χ4n) is 4.70. The highest BCUT2D eigenvalue weighted by molar-refractivity contribution is 7.92. The van der Waals surface area contributed by atoms with Crippen molar-refractivity contribution in [2.75, 3.05) is 29.3 Å². The highest BCUT2D eigenvalue weighted by Gasteiger charge is 2.28. The van der Waals surface area contributed by atoms with Crippen molar-refractivity contribution in [3.63, 3.8) is 0 Å². The third-order valence-corrected chi connectivity index (χ3v) is 8.24. The van der Waals surface area contributed by atoms with Crippen LogP contribution >= 0.6 is 0 Å². The maximum atomic E-state index is 13.0. The van der Waals surface area contributed by atoms with Gasteiger partial charge < -0.3 is 9.80 Å². The van der Waals surface area contributed by atoms with Crippen LogP contribution in [0, 0.1) is 19.8 Å². The van der Waals surface area contributed by atoms with Gasteiger partial charge in [0.2, 0.25) is 11.8 Å². The highest BCUT2D eigenvalue weighted by atomic mass is 32.2.